The molecule has 5 N–H and O–H groups in total. The lowest BCUT2D eigenvalue weighted by atomic mass is 10.0. The summed E-state index contributed by atoms with van der Waals surface area (Å²) in [7, 11) is 0. The van der Waals surface area contributed by atoms with Crippen LogP contribution in [0.15, 0.2) is 43.0 Å². The Hall–Kier alpha value is -3.72. The van der Waals surface area contributed by atoms with Crippen LogP contribution in [0.1, 0.15) is 48.2 Å². The summed E-state index contributed by atoms with van der Waals surface area (Å²) >= 11 is 0. The first-order chi connectivity index (χ1) is 17.4. The molecule has 9 nitrogen and oxygen atoms in total. The van der Waals surface area contributed by atoms with E-state index >= 15 is 0 Å². The van der Waals surface area contributed by atoms with Gasteiger partial charge < -0.3 is 26.4 Å². The minimum absolute atomic E-state index is 0.0901. The highest BCUT2D eigenvalue weighted by molar-refractivity contribution is 6.04. The van der Waals surface area contributed by atoms with Crippen LogP contribution in [0.3, 0.4) is 0 Å². The third-order valence-electron chi connectivity index (χ3n) is 6.62. The summed E-state index contributed by atoms with van der Waals surface area (Å²) in [5.41, 5.74) is 5.72. The molecule has 1 aromatic carbocycles. The van der Waals surface area contributed by atoms with E-state index in [2.05, 4.69) is 40.0 Å². The molecule has 2 aromatic rings. The van der Waals surface area contributed by atoms with Gasteiger partial charge in [0.1, 0.15) is 12.1 Å². The summed E-state index contributed by atoms with van der Waals surface area (Å²) in [4.78, 5) is 41.3. The van der Waals surface area contributed by atoms with Gasteiger partial charge in [-0.05, 0) is 49.0 Å². The van der Waals surface area contributed by atoms with Crippen molar-refractivity contribution in [1.29, 1.82) is 0 Å². The summed E-state index contributed by atoms with van der Waals surface area (Å²) in [5.74, 6) is -1.73. The van der Waals surface area contributed by atoms with Gasteiger partial charge >= 0.3 is 5.97 Å². The molecule has 0 saturated carbocycles. The van der Waals surface area contributed by atoms with Crippen LogP contribution >= 0.6 is 0 Å². The van der Waals surface area contributed by atoms with Gasteiger partial charge in [-0.15, -0.1) is 0 Å². The standard InChI is InChI=1S/C27H33N5O4/c1-17-20-7-3-4-8-22(20)31-25(17)26(34)32-23(27(35)36)13-15-29-24(33)9-5-2-6-19-11-10-18-16-28-14-12-21(18)30-19/h3-4,7-8,10-11,23,25,28,31H,1-2,5-6,9,12-16H2,(H,29,33)(H,32,34)(H,35,36). The van der Waals surface area contributed by atoms with Crippen molar-refractivity contribution in [1.82, 2.24) is 20.9 Å². The summed E-state index contributed by atoms with van der Waals surface area (Å²) < 4.78 is 0. The van der Waals surface area contributed by atoms with Gasteiger partial charge in [-0.25, -0.2) is 4.79 Å². The van der Waals surface area contributed by atoms with Gasteiger partial charge in [-0.2, -0.15) is 0 Å². The Morgan fingerprint density at radius 2 is 2.00 bits per heavy atom. The zero-order chi connectivity index (χ0) is 25.5. The molecule has 0 bridgehead atoms. The molecule has 0 aliphatic carbocycles. The van der Waals surface area contributed by atoms with Crippen LogP contribution in [0.25, 0.3) is 5.57 Å². The first-order valence-corrected chi connectivity index (χ1v) is 12.5. The molecule has 2 amide bonds. The molecule has 1 aromatic heterocycles. The van der Waals surface area contributed by atoms with Gasteiger partial charge in [0, 0.05) is 55.1 Å². The molecule has 0 saturated heterocycles. The fourth-order valence-electron chi connectivity index (χ4n) is 4.58. The van der Waals surface area contributed by atoms with Crippen molar-refractivity contribution in [3.8, 4) is 0 Å². The molecule has 190 valence electrons. The lowest BCUT2D eigenvalue weighted by molar-refractivity contribution is -0.142. The number of aromatic nitrogens is 1. The van der Waals surface area contributed by atoms with Gasteiger partial charge in [-0.1, -0.05) is 30.8 Å². The average Bonchev–Trinajstić information content (AvgIpc) is 3.22. The number of hydrogen-bond donors (Lipinski definition) is 5. The quantitative estimate of drug-likeness (QED) is 0.304. The first kappa shape index (κ1) is 25.4. The third-order valence-corrected chi connectivity index (χ3v) is 6.62. The predicted molar refractivity (Wildman–Crippen MR) is 137 cm³/mol. The average molecular weight is 492 g/mol. The highest BCUT2D eigenvalue weighted by Crippen LogP contribution is 2.33. The number of amides is 2. The number of nitrogens with zero attached hydrogens (tertiary/aromatic N) is 1. The second-order valence-corrected chi connectivity index (χ2v) is 9.23. The Labute approximate surface area is 210 Å². The van der Waals surface area contributed by atoms with Crippen LogP contribution in [0.2, 0.25) is 0 Å². The Balaban J connectivity index is 1.15. The molecule has 2 atom stereocenters. The molecular weight excluding hydrogens is 458 g/mol. The van der Waals surface area contributed by atoms with Crippen LogP contribution in [-0.4, -0.2) is 53.0 Å². The normalized spacial score (nSPS) is 16.9. The molecule has 2 aliphatic rings. The van der Waals surface area contributed by atoms with Gasteiger partial charge in [-0.3, -0.25) is 14.6 Å². The number of para-hydroxylation sites is 1. The van der Waals surface area contributed by atoms with Gasteiger partial charge in [0.2, 0.25) is 11.8 Å². The minimum atomic E-state index is -1.15. The molecule has 9 heteroatoms. The highest BCUT2D eigenvalue weighted by Gasteiger charge is 2.32. The molecule has 0 radical (unpaired) electrons. The zero-order valence-corrected chi connectivity index (χ0v) is 20.3. The second-order valence-electron chi connectivity index (χ2n) is 9.23. The monoisotopic (exact) mass is 491 g/mol. The van der Waals surface area contributed by atoms with Crippen LogP contribution in [0, 0.1) is 0 Å². The molecule has 2 aliphatic heterocycles. The molecule has 3 heterocycles. The minimum Gasteiger partial charge on any atom is -0.480 e. The number of unbranched alkanes of at least 4 members (excludes halogenated alkanes) is 1. The Morgan fingerprint density at radius 1 is 1.17 bits per heavy atom. The van der Waals surface area contributed by atoms with E-state index < -0.39 is 24.0 Å². The van der Waals surface area contributed by atoms with E-state index in [4.69, 9.17) is 4.98 Å². The summed E-state index contributed by atoms with van der Waals surface area (Å²) in [6.07, 6.45) is 3.80. The van der Waals surface area contributed by atoms with Crippen molar-refractivity contribution >= 4 is 29.0 Å². The summed E-state index contributed by atoms with van der Waals surface area (Å²) in [6.45, 7) is 5.96. The van der Waals surface area contributed by atoms with Crippen molar-refractivity contribution in [3.63, 3.8) is 0 Å². The van der Waals surface area contributed by atoms with E-state index in [1.54, 1.807) is 0 Å². The molecule has 4 rings (SSSR count). The number of rotatable bonds is 11. The summed E-state index contributed by atoms with van der Waals surface area (Å²) in [5, 5.41) is 21.3. The number of carboxylic acid groups (broad SMARTS) is 1. The van der Waals surface area contributed by atoms with Gasteiger partial charge in [0.25, 0.3) is 0 Å². The number of nitrogens with one attached hydrogen (secondary N) is 4. The molecule has 2 unspecified atom stereocenters. The number of hydrogen-bond acceptors (Lipinski definition) is 6. The Morgan fingerprint density at radius 3 is 2.81 bits per heavy atom. The van der Waals surface area contributed by atoms with Crippen molar-refractivity contribution in [3.05, 3.63) is 65.5 Å². The van der Waals surface area contributed by atoms with E-state index in [9.17, 15) is 19.5 Å². The Bertz CT molecular complexity index is 1150. The molecule has 0 spiro atoms. The van der Waals surface area contributed by atoms with Crippen molar-refractivity contribution in [2.75, 3.05) is 18.4 Å². The van der Waals surface area contributed by atoms with E-state index in [-0.39, 0.29) is 18.9 Å². The van der Waals surface area contributed by atoms with E-state index in [0.29, 0.717) is 12.0 Å². The number of aryl methyl sites for hydroxylation is 1. The fourth-order valence-corrected chi connectivity index (χ4v) is 4.58. The largest absolute Gasteiger partial charge is 0.480 e. The van der Waals surface area contributed by atoms with E-state index in [0.717, 1.165) is 55.7 Å². The number of benzene rings is 1. The smallest absolute Gasteiger partial charge is 0.326 e. The number of anilines is 1. The SMILES string of the molecule is C=C1c2ccccc2NC1C(=O)NC(CCNC(=O)CCCCc1ccc2c(n1)CCNC2)C(=O)O. The van der Waals surface area contributed by atoms with Crippen LogP contribution in [0.4, 0.5) is 5.69 Å². The number of carbonyl (C=O) groups is 3. The maximum Gasteiger partial charge on any atom is 0.326 e. The molecule has 0 fully saturated rings. The van der Waals surface area contributed by atoms with Crippen molar-refractivity contribution in [2.24, 2.45) is 0 Å². The number of aliphatic carboxylic acids is 1. The maximum atomic E-state index is 12.7. The molecular formula is C27H33N5O4. The van der Waals surface area contributed by atoms with E-state index in [1.165, 1.54) is 11.3 Å². The summed E-state index contributed by atoms with van der Waals surface area (Å²) in [6, 6.07) is 9.78. The van der Waals surface area contributed by atoms with Crippen molar-refractivity contribution < 1.29 is 19.5 Å². The van der Waals surface area contributed by atoms with E-state index in [1.807, 2.05) is 24.3 Å². The number of fused-ring (bicyclic) bond motifs is 2. The zero-order valence-electron chi connectivity index (χ0n) is 20.3. The van der Waals surface area contributed by atoms with Gasteiger partial charge in [0.15, 0.2) is 0 Å². The fraction of sp³-hybridized carbons (Fsp3) is 0.407. The van der Waals surface area contributed by atoms with Crippen LogP contribution in [0.5, 0.6) is 0 Å². The maximum absolute atomic E-state index is 12.7. The highest BCUT2D eigenvalue weighted by atomic mass is 16.4. The van der Waals surface area contributed by atoms with Gasteiger partial charge in [0.05, 0.1) is 0 Å². The van der Waals surface area contributed by atoms with Crippen LogP contribution in [-0.2, 0) is 33.8 Å². The topological polar surface area (TPSA) is 132 Å². The Kier molecular flexibility index (Phi) is 8.32. The molecule has 36 heavy (non-hydrogen) atoms. The number of carboxylic acids is 1. The number of carbonyl (C=O) groups excluding carboxylic acids is 2. The second kappa shape index (κ2) is 11.8. The first-order valence-electron chi connectivity index (χ1n) is 12.5. The van der Waals surface area contributed by atoms with Crippen molar-refractivity contribution in [2.45, 2.75) is 57.2 Å². The lowest BCUT2D eigenvalue weighted by Gasteiger charge is -2.19. The third kappa shape index (κ3) is 6.28. The lowest BCUT2D eigenvalue weighted by Crippen LogP contribution is -2.48. The predicted octanol–water partition coefficient (Wildman–Crippen LogP) is 2.02. The van der Waals surface area contributed by atoms with Crippen LogP contribution < -0.4 is 21.3 Å². The number of pyridine rings is 1.